The Hall–Kier alpha value is -3.87. The second-order valence-corrected chi connectivity index (χ2v) is 11.0. The van der Waals surface area contributed by atoms with Gasteiger partial charge in [0.2, 0.25) is 5.91 Å². The van der Waals surface area contributed by atoms with Crippen molar-refractivity contribution in [3.8, 4) is 16.9 Å². The van der Waals surface area contributed by atoms with E-state index in [1.54, 1.807) is 30.6 Å². The first kappa shape index (κ1) is 28.3. The largest absolute Gasteiger partial charge is 0.493 e. The average molecular weight is 582 g/mol. The second kappa shape index (κ2) is 12.2. The summed E-state index contributed by atoms with van der Waals surface area (Å²) in [6, 6.07) is 7.19. The summed E-state index contributed by atoms with van der Waals surface area (Å²) in [4.78, 5) is 36.2. The number of aromatic amines is 1. The van der Waals surface area contributed by atoms with Crippen LogP contribution >= 0.6 is 0 Å². The monoisotopic (exact) mass is 581 g/mol. The van der Waals surface area contributed by atoms with E-state index in [2.05, 4.69) is 20.6 Å². The number of benzene rings is 2. The molecule has 6 rings (SSSR count). The van der Waals surface area contributed by atoms with Crippen molar-refractivity contribution in [2.24, 2.45) is 0 Å². The lowest BCUT2D eigenvalue weighted by molar-refractivity contribution is -0.133. The number of nitrogens with one attached hydrogen (secondary N) is 3. The smallest absolute Gasteiger partial charge is 0.255 e. The summed E-state index contributed by atoms with van der Waals surface area (Å²) in [5.74, 6) is -1.05. The van der Waals surface area contributed by atoms with Gasteiger partial charge in [-0.05, 0) is 49.1 Å². The Kier molecular flexibility index (Phi) is 8.18. The van der Waals surface area contributed by atoms with Crippen LogP contribution in [-0.2, 0) is 16.1 Å². The molecule has 5 atom stereocenters. The van der Waals surface area contributed by atoms with Gasteiger partial charge in [-0.3, -0.25) is 14.5 Å². The molecule has 4 N–H and O–H groups in total. The highest BCUT2D eigenvalue weighted by molar-refractivity contribution is 5.98. The summed E-state index contributed by atoms with van der Waals surface area (Å²) in [6.45, 7) is 1.16. The number of likely N-dealkylation sites (tertiary alicyclic amines) is 1. The quantitative estimate of drug-likeness (QED) is 0.374. The van der Waals surface area contributed by atoms with Crippen molar-refractivity contribution in [2.75, 3.05) is 19.7 Å². The van der Waals surface area contributed by atoms with Gasteiger partial charge in [-0.1, -0.05) is 6.07 Å². The maximum absolute atomic E-state index is 14.6. The number of hydrogen-bond donors (Lipinski definition) is 4. The van der Waals surface area contributed by atoms with Crippen molar-refractivity contribution >= 4 is 11.8 Å². The molecule has 0 spiro atoms. The number of ether oxygens (including phenoxy) is 2. The average Bonchev–Trinajstić information content (AvgIpc) is 3.62. The molecule has 3 aliphatic rings. The molecule has 0 aliphatic carbocycles. The Morgan fingerprint density at radius 2 is 1.93 bits per heavy atom. The highest BCUT2D eigenvalue weighted by Gasteiger charge is 2.39. The number of halogens is 2. The number of H-pyrrole nitrogens is 1. The molecular weight excluding hydrogens is 548 g/mol. The molecule has 12 heteroatoms. The van der Waals surface area contributed by atoms with Crippen molar-refractivity contribution in [3.63, 3.8) is 0 Å². The lowest BCUT2D eigenvalue weighted by Crippen LogP contribution is -2.50. The molecular formula is C30H33F2N5O5. The molecule has 42 heavy (non-hydrogen) atoms. The minimum atomic E-state index is -0.722. The first-order valence-corrected chi connectivity index (χ1v) is 14.2. The van der Waals surface area contributed by atoms with E-state index in [1.807, 2.05) is 4.90 Å². The molecule has 0 radical (unpaired) electrons. The maximum Gasteiger partial charge on any atom is 0.255 e. The third-order valence-electron chi connectivity index (χ3n) is 8.17. The zero-order valence-corrected chi connectivity index (χ0v) is 22.9. The Morgan fingerprint density at radius 3 is 2.74 bits per heavy atom. The second-order valence-electron chi connectivity index (χ2n) is 11.0. The number of aromatic nitrogens is 2. The zero-order chi connectivity index (χ0) is 29.2. The summed E-state index contributed by atoms with van der Waals surface area (Å²) < 4.78 is 40.4. The summed E-state index contributed by atoms with van der Waals surface area (Å²) in [5, 5.41) is 16.5. The van der Waals surface area contributed by atoms with Crippen molar-refractivity contribution < 1.29 is 33.0 Å². The fourth-order valence-corrected chi connectivity index (χ4v) is 5.98. The molecule has 2 amide bonds. The normalized spacial score (nSPS) is 27.1. The molecule has 3 aliphatic heterocycles. The van der Waals surface area contributed by atoms with Crippen LogP contribution in [0.2, 0.25) is 0 Å². The van der Waals surface area contributed by atoms with Crippen LogP contribution in [0, 0.1) is 11.6 Å². The number of aliphatic hydroxyl groups is 1. The van der Waals surface area contributed by atoms with Crippen LogP contribution in [0.5, 0.6) is 5.75 Å². The molecule has 222 valence electrons. The van der Waals surface area contributed by atoms with Gasteiger partial charge in [-0.2, -0.15) is 0 Å². The van der Waals surface area contributed by atoms with E-state index in [-0.39, 0.29) is 54.0 Å². The molecule has 3 aromatic rings. The van der Waals surface area contributed by atoms with Crippen LogP contribution in [0.15, 0.2) is 48.8 Å². The number of rotatable bonds is 3. The fourth-order valence-electron chi connectivity index (χ4n) is 5.98. The number of fused-ring (bicyclic) bond motifs is 5. The van der Waals surface area contributed by atoms with Gasteiger partial charge >= 0.3 is 0 Å². The van der Waals surface area contributed by atoms with Crippen LogP contribution in [-0.4, -0.2) is 81.9 Å². The lowest BCUT2D eigenvalue weighted by Gasteiger charge is -2.34. The maximum atomic E-state index is 14.6. The van der Waals surface area contributed by atoms with E-state index in [0.29, 0.717) is 50.2 Å². The standard InChI is InChI=1S/C30H33F2N5O5/c31-18-2-5-21(23(32)12-18)17-1-4-22-26(11-17)41-10-7-20-3-6-25(38)27(42-20)14-35-30(40)24-13-19(36-29(22)39)15-37(24)16-28-33-8-9-34-28/h1-2,4-5,8-9,11-12,19-20,24-25,27,38H,3,6-7,10,13-16H2,(H,33,34)(H,35,40)(H,36,39)/t19-,20-,24-,25-,27+/m0/s1. The minimum absolute atomic E-state index is 0.162. The number of carbonyl (C=O) groups is 2. The number of imidazole rings is 1. The number of aliphatic hydroxyl groups excluding tert-OH is 1. The predicted molar refractivity (Wildman–Crippen MR) is 147 cm³/mol. The van der Waals surface area contributed by atoms with Gasteiger partial charge in [0.05, 0.1) is 37.0 Å². The molecule has 2 aromatic carbocycles. The molecule has 10 nitrogen and oxygen atoms in total. The van der Waals surface area contributed by atoms with Gasteiger partial charge in [0.25, 0.3) is 5.91 Å². The molecule has 2 fully saturated rings. The summed E-state index contributed by atoms with van der Waals surface area (Å²) in [5.41, 5.74) is 0.880. The van der Waals surface area contributed by atoms with Gasteiger partial charge in [0.15, 0.2) is 0 Å². The Balaban J connectivity index is 1.30. The minimum Gasteiger partial charge on any atom is -0.493 e. The van der Waals surface area contributed by atoms with Gasteiger partial charge in [0, 0.05) is 49.6 Å². The van der Waals surface area contributed by atoms with Crippen LogP contribution < -0.4 is 15.4 Å². The third-order valence-corrected chi connectivity index (χ3v) is 8.17. The fraction of sp³-hybridized carbons (Fsp3) is 0.433. The highest BCUT2D eigenvalue weighted by atomic mass is 19.1. The molecule has 1 aromatic heterocycles. The Morgan fingerprint density at radius 1 is 1.07 bits per heavy atom. The van der Waals surface area contributed by atoms with Crippen LogP contribution in [0.25, 0.3) is 11.1 Å². The first-order chi connectivity index (χ1) is 20.3. The van der Waals surface area contributed by atoms with Gasteiger partial charge in [0.1, 0.15) is 29.3 Å². The van der Waals surface area contributed by atoms with Crippen molar-refractivity contribution in [1.29, 1.82) is 0 Å². The number of amides is 2. The summed E-state index contributed by atoms with van der Waals surface area (Å²) in [7, 11) is 0. The Labute approximate surface area is 241 Å². The predicted octanol–water partition coefficient (Wildman–Crippen LogP) is 2.54. The summed E-state index contributed by atoms with van der Waals surface area (Å²) in [6.07, 6.45) is 3.86. The van der Waals surface area contributed by atoms with Crippen molar-refractivity contribution in [3.05, 3.63) is 71.8 Å². The van der Waals surface area contributed by atoms with Crippen LogP contribution in [0.3, 0.4) is 0 Å². The molecule has 4 bridgehead atoms. The van der Waals surface area contributed by atoms with E-state index in [4.69, 9.17) is 9.47 Å². The molecule has 2 saturated heterocycles. The Bertz CT molecular complexity index is 1440. The van der Waals surface area contributed by atoms with Crippen molar-refractivity contribution in [1.82, 2.24) is 25.5 Å². The molecule has 4 heterocycles. The van der Waals surface area contributed by atoms with Crippen LogP contribution in [0.4, 0.5) is 8.78 Å². The van der Waals surface area contributed by atoms with Gasteiger partial charge in [-0.15, -0.1) is 0 Å². The first-order valence-electron chi connectivity index (χ1n) is 14.2. The van der Waals surface area contributed by atoms with E-state index in [0.717, 1.165) is 6.07 Å². The number of nitrogens with zero attached hydrogens (tertiary/aromatic N) is 2. The van der Waals surface area contributed by atoms with Gasteiger partial charge < -0.3 is 30.2 Å². The molecule has 0 saturated carbocycles. The lowest BCUT2D eigenvalue weighted by atomic mass is 9.99. The van der Waals surface area contributed by atoms with Crippen molar-refractivity contribution in [2.45, 2.75) is 62.6 Å². The molecule has 0 unspecified atom stereocenters. The van der Waals surface area contributed by atoms with E-state index < -0.39 is 29.9 Å². The number of carbonyl (C=O) groups excluding carboxylic acids is 2. The van der Waals surface area contributed by atoms with Crippen LogP contribution in [0.1, 0.15) is 41.9 Å². The highest BCUT2D eigenvalue weighted by Crippen LogP contribution is 2.31. The van der Waals surface area contributed by atoms with Gasteiger partial charge in [-0.25, -0.2) is 13.8 Å². The SMILES string of the molecule is O=C1N[C@H]2C[C@@H](C(=O)NC[C@H]3O[C@H](CCOc4cc(-c5ccc(F)cc5F)ccc41)CC[C@@H]3O)N(Cc1ncc[nH]1)C2. The number of hydrogen-bond acceptors (Lipinski definition) is 7. The topological polar surface area (TPSA) is 129 Å². The van der Waals surface area contributed by atoms with E-state index in [9.17, 15) is 23.5 Å². The van der Waals surface area contributed by atoms with E-state index >= 15 is 0 Å². The van der Waals surface area contributed by atoms with E-state index in [1.165, 1.54) is 12.1 Å². The zero-order valence-electron chi connectivity index (χ0n) is 22.9. The third kappa shape index (κ3) is 6.15. The summed E-state index contributed by atoms with van der Waals surface area (Å²) >= 11 is 0.